The topological polar surface area (TPSA) is 64.1 Å². The van der Waals surface area contributed by atoms with Crippen LogP contribution in [-0.2, 0) is 0 Å². The first-order chi connectivity index (χ1) is 7.16. The van der Waals surface area contributed by atoms with Crippen molar-refractivity contribution in [2.45, 2.75) is 25.3 Å². The summed E-state index contributed by atoms with van der Waals surface area (Å²) in [6, 6.07) is 6.39. The molecule has 2 unspecified atom stereocenters. The molecule has 5 N–H and O–H groups in total. The Morgan fingerprint density at radius 2 is 2.13 bits per heavy atom. The molecule has 2 rings (SSSR count). The van der Waals surface area contributed by atoms with E-state index in [1.54, 1.807) is 0 Å². The van der Waals surface area contributed by atoms with Gasteiger partial charge in [-0.2, -0.15) is 0 Å². The fourth-order valence-electron chi connectivity index (χ4n) is 2.31. The fourth-order valence-corrected chi connectivity index (χ4v) is 2.31. The number of piperidine rings is 1. The number of hydrogen-bond donors (Lipinski definition) is 3. The average Bonchev–Trinajstić information content (AvgIpc) is 2.22. The predicted octanol–water partition coefficient (Wildman–Crippen LogP) is 0.981. The van der Waals surface area contributed by atoms with Crippen molar-refractivity contribution in [2.75, 3.05) is 18.8 Å². The molecular formula is C12H19N3. The number of nitrogens with two attached hydrogens (primary N) is 2. The normalized spacial score (nSPS) is 26.5. The number of nitrogens with one attached hydrogen (secondary N) is 1. The van der Waals surface area contributed by atoms with Gasteiger partial charge in [-0.25, -0.2) is 0 Å². The third-order valence-electron chi connectivity index (χ3n) is 3.13. The summed E-state index contributed by atoms with van der Waals surface area (Å²) < 4.78 is 0. The quantitative estimate of drug-likeness (QED) is 0.599. The second-order valence-corrected chi connectivity index (χ2v) is 4.47. The van der Waals surface area contributed by atoms with Crippen LogP contribution < -0.4 is 16.8 Å². The van der Waals surface area contributed by atoms with E-state index in [0.29, 0.717) is 5.92 Å². The van der Waals surface area contributed by atoms with Crippen LogP contribution in [0.4, 0.5) is 5.69 Å². The molecule has 0 aliphatic carbocycles. The Hall–Kier alpha value is -1.06. The Morgan fingerprint density at radius 3 is 2.87 bits per heavy atom. The average molecular weight is 205 g/mol. The molecule has 0 amide bonds. The Labute approximate surface area is 90.8 Å². The molecule has 1 heterocycles. The highest BCUT2D eigenvalue weighted by molar-refractivity contribution is 5.46. The zero-order chi connectivity index (χ0) is 10.8. The van der Waals surface area contributed by atoms with Crippen molar-refractivity contribution in [3.05, 3.63) is 29.3 Å². The van der Waals surface area contributed by atoms with Gasteiger partial charge in [0, 0.05) is 24.8 Å². The zero-order valence-corrected chi connectivity index (χ0v) is 9.16. The van der Waals surface area contributed by atoms with Gasteiger partial charge in [0.25, 0.3) is 0 Å². The van der Waals surface area contributed by atoms with Crippen LogP contribution in [0.15, 0.2) is 18.2 Å². The molecule has 1 fully saturated rings. The van der Waals surface area contributed by atoms with Crippen molar-refractivity contribution in [2.24, 2.45) is 5.73 Å². The molecule has 0 spiro atoms. The summed E-state index contributed by atoms with van der Waals surface area (Å²) in [7, 11) is 0. The van der Waals surface area contributed by atoms with Gasteiger partial charge < -0.3 is 16.8 Å². The zero-order valence-electron chi connectivity index (χ0n) is 9.16. The van der Waals surface area contributed by atoms with Crippen LogP contribution in [0.1, 0.15) is 23.5 Å². The third-order valence-corrected chi connectivity index (χ3v) is 3.13. The molecule has 1 aliphatic rings. The SMILES string of the molecule is Cc1ccc(N)cc1C1CNCC(N)C1. The van der Waals surface area contributed by atoms with Gasteiger partial charge in [0.1, 0.15) is 0 Å². The number of hydrogen-bond acceptors (Lipinski definition) is 3. The van der Waals surface area contributed by atoms with Gasteiger partial charge in [-0.1, -0.05) is 6.07 Å². The lowest BCUT2D eigenvalue weighted by Gasteiger charge is -2.29. The lowest BCUT2D eigenvalue weighted by Crippen LogP contribution is -2.43. The summed E-state index contributed by atoms with van der Waals surface area (Å²) in [6.45, 7) is 4.07. The number of benzene rings is 1. The van der Waals surface area contributed by atoms with E-state index in [0.717, 1.165) is 25.2 Å². The predicted molar refractivity (Wildman–Crippen MR) is 63.8 cm³/mol. The molecular weight excluding hydrogens is 186 g/mol. The number of anilines is 1. The molecule has 1 aromatic rings. The molecule has 2 atom stereocenters. The molecule has 15 heavy (non-hydrogen) atoms. The minimum atomic E-state index is 0.268. The van der Waals surface area contributed by atoms with Gasteiger partial charge in [0.05, 0.1) is 0 Å². The first-order valence-electron chi connectivity index (χ1n) is 5.49. The molecule has 1 aromatic carbocycles. The van der Waals surface area contributed by atoms with Gasteiger partial charge in [0.2, 0.25) is 0 Å². The second kappa shape index (κ2) is 4.21. The summed E-state index contributed by atoms with van der Waals surface area (Å²) in [6.07, 6.45) is 1.05. The van der Waals surface area contributed by atoms with Crippen LogP contribution >= 0.6 is 0 Å². The van der Waals surface area contributed by atoms with Crippen LogP contribution in [0.25, 0.3) is 0 Å². The highest BCUT2D eigenvalue weighted by Gasteiger charge is 2.21. The molecule has 82 valence electrons. The summed E-state index contributed by atoms with van der Waals surface area (Å²) >= 11 is 0. The van der Waals surface area contributed by atoms with E-state index in [1.165, 1.54) is 11.1 Å². The van der Waals surface area contributed by atoms with Crippen molar-refractivity contribution in [1.29, 1.82) is 0 Å². The lowest BCUT2D eigenvalue weighted by atomic mass is 9.87. The molecule has 0 bridgehead atoms. The Bertz CT molecular complexity index is 349. The van der Waals surface area contributed by atoms with E-state index in [1.807, 2.05) is 6.07 Å². The minimum absolute atomic E-state index is 0.268. The third kappa shape index (κ3) is 2.30. The van der Waals surface area contributed by atoms with Crippen molar-refractivity contribution in [3.8, 4) is 0 Å². The maximum absolute atomic E-state index is 5.96. The largest absolute Gasteiger partial charge is 0.399 e. The molecule has 0 saturated carbocycles. The van der Waals surface area contributed by atoms with Crippen LogP contribution in [-0.4, -0.2) is 19.1 Å². The lowest BCUT2D eigenvalue weighted by molar-refractivity contribution is 0.411. The van der Waals surface area contributed by atoms with E-state index >= 15 is 0 Å². The maximum atomic E-state index is 5.96. The molecule has 3 nitrogen and oxygen atoms in total. The Kier molecular flexibility index (Phi) is 2.93. The van der Waals surface area contributed by atoms with E-state index in [4.69, 9.17) is 11.5 Å². The minimum Gasteiger partial charge on any atom is -0.399 e. The Balaban J connectivity index is 2.24. The standard InChI is InChI=1S/C12H19N3/c1-8-2-3-10(13)5-12(8)9-4-11(14)7-15-6-9/h2-3,5,9,11,15H,4,6-7,13-14H2,1H3. The summed E-state index contributed by atoms with van der Waals surface area (Å²) in [4.78, 5) is 0. The number of nitrogen functional groups attached to an aromatic ring is 1. The van der Waals surface area contributed by atoms with E-state index in [2.05, 4.69) is 24.4 Å². The van der Waals surface area contributed by atoms with Gasteiger partial charge >= 0.3 is 0 Å². The molecule has 0 aromatic heterocycles. The summed E-state index contributed by atoms with van der Waals surface area (Å²) in [5.41, 5.74) is 15.3. The smallest absolute Gasteiger partial charge is 0.0317 e. The van der Waals surface area contributed by atoms with E-state index in [9.17, 15) is 0 Å². The summed E-state index contributed by atoms with van der Waals surface area (Å²) in [5, 5.41) is 3.36. The maximum Gasteiger partial charge on any atom is 0.0317 e. The first-order valence-corrected chi connectivity index (χ1v) is 5.49. The molecule has 1 aliphatic heterocycles. The second-order valence-electron chi connectivity index (χ2n) is 4.47. The van der Waals surface area contributed by atoms with Crippen LogP contribution in [0, 0.1) is 6.92 Å². The fraction of sp³-hybridized carbons (Fsp3) is 0.500. The monoisotopic (exact) mass is 205 g/mol. The molecule has 3 heteroatoms. The summed E-state index contributed by atoms with van der Waals surface area (Å²) in [5.74, 6) is 0.511. The first kappa shape index (κ1) is 10.5. The van der Waals surface area contributed by atoms with E-state index < -0.39 is 0 Å². The molecule has 1 saturated heterocycles. The highest BCUT2D eigenvalue weighted by Crippen LogP contribution is 2.27. The van der Waals surface area contributed by atoms with Gasteiger partial charge in [-0.3, -0.25) is 0 Å². The van der Waals surface area contributed by atoms with Crippen molar-refractivity contribution < 1.29 is 0 Å². The van der Waals surface area contributed by atoms with Gasteiger partial charge in [-0.15, -0.1) is 0 Å². The van der Waals surface area contributed by atoms with Gasteiger partial charge in [-0.05, 0) is 42.5 Å². The number of rotatable bonds is 1. The van der Waals surface area contributed by atoms with E-state index in [-0.39, 0.29) is 6.04 Å². The Morgan fingerprint density at radius 1 is 1.33 bits per heavy atom. The van der Waals surface area contributed by atoms with Crippen molar-refractivity contribution in [3.63, 3.8) is 0 Å². The highest BCUT2D eigenvalue weighted by atomic mass is 14.9. The van der Waals surface area contributed by atoms with Gasteiger partial charge in [0.15, 0.2) is 0 Å². The van der Waals surface area contributed by atoms with Crippen molar-refractivity contribution >= 4 is 5.69 Å². The number of aryl methyl sites for hydroxylation is 1. The van der Waals surface area contributed by atoms with Crippen LogP contribution in [0.5, 0.6) is 0 Å². The van der Waals surface area contributed by atoms with Crippen molar-refractivity contribution in [1.82, 2.24) is 5.32 Å². The van der Waals surface area contributed by atoms with Crippen LogP contribution in [0.3, 0.4) is 0 Å². The molecule has 0 radical (unpaired) electrons. The van der Waals surface area contributed by atoms with Crippen LogP contribution in [0.2, 0.25) is 0 Å².